The molecule has 0 bridgehead atoms. The van der Waals surface area contributed by atoms with Crippen molar-refractivity contribution in [2.24, 2.45) is 5.92 Å². The third-order valence-electron chi connectivity index (χ3n) is 2.97. The van der Waals surface area contributed by atoms with E-state index in [9.17, 15) is 9.59 Å². The largest absolute Gasteiger partial charge is 0.481 e. The molecule has 1 aliphatic carbocycles. The summed E-state index contributed by atoms with van der Waals surface area (Å²) in [7, 11) is 0. The van der Waals surface area contributed by atoms with E-state index in [0.717, 1.165) is 5.56 Å². The molecule has 2 rings (SSSR count). The highest BCUT2D eigenvalue weighted by atomic mass is 16.4. The van der Waals surface area contributed by atoms with Gasteiger partial charge in [0.25, 0.3) is 5.56 Å². The molecule has 0 fully saturated rings. The highest BCUT2D eigenvalue weighted by Crippen LogP contribution is 2.23. The molecule has 0 spiro atoms. The fourth-order valence-corrected chi connectivity index (χ4v) is 2.08. The molecule has 0 amide bonds. The number of aliphatic carboxylic acids is 1. The molecule has 0 radical (unpaired) electrons. The Balaban J connectivity index is 2.43. The second-order valence-corrected chi connectivity index (χ2v) is 3.85. The molecule has 1 N–H and O–H groups in total. The first-order valence-corrected chi connectivity index (χ1v) is 5.07. The van der Waals surface area contributed by atoms with Gasteiger partial charge in [0.1, 0.15) is 0 Å². The van der Waals surface area contributed by atoms with E-state index >= 15 is 0 Å². The molecule has 1 aliphatic rings. The molecule has 80 valence electrons. The van der Waals surface area contributed by atoms with E-state index in [0.29, 0.717) is 24.9 Å². The number of nitrogens with zero attached hydrogens (tertiary/aromatic N) is 1. The van der Waals surface area contributed by atoms with Crippen LogP contribution < -0.4 is 5.56 Å². The van der Waals surface area contributed by atoms with E-state index in [1.54, 1.807) is 10.8 Å². The van der Waals surface area contributed by atoms with E-state index in [-0.39, 0.29) is 5.56 Å². The van der Waals surface area contributed by atoms with Gasteiger partial charge >= 0.3 is 5.97 Å². The molecule has 1 aromatic rings. The van der Waals surface area contributed by atoms with Crippen LogP contribution in [-0.4, -0.2) is 15.6 Å². The van der Waals surface area contributed by atoms with Gasteiger partial charge in [0.05, 0.1) is 5.92 Å². The highest BCUT2D eigenvalue weighted by Gasteiger charge is 2.29. The summed E-state index contributed by atoms with van der Waals surface area (Å²) in [5.41, 5.74) is 1.56. The van der Waals surface area contributed by atoms with Gasteiger partial charge in [0, 0.05) is 18.3 Å². The predicted molar refractivity (Wildman–Crippen MR) is 54.9 cm³/mol. The van der Waals surface area contributed by atoms with Crippen LogP contribution in [0.25, 0.3) is 0 Å². The third-order valence-corrected chi connectivity index (χ3v) is 2.97. The Bertz CT molecular complexity index is 461. The number of carboxylic acids is 1. The van der Waals surface area contributed by atoms with Crippen LogP contribution in [0.2, 0.25) is 0 Å². The van der Waals surface area contributed by atoms with Crippen molar-refractivity contribution in [1.29, 1.82) is 0 Å². The molecular formula is C11H13NO3. The highest BCUT2D eigenvalue weighted by molar-refractivity contribution is 5.72. The second-order valence-electron chi connectivity index (χ2n) is 3.85. The SMILES string of the molecule is CCn1ccc2c(c1=O)CC(C(=O)O)C2. The van der Waals surface area contributed by atoms with Crippen LogP contribution in [0.5, 0.6) is 0 Å². The van der Waals surface area contributed by atoms with Gasteiger partial charge in [-0.25, -0.2) is 0 Å². The van der Waals surface area contributed by atoms with Crippen LogP contribution in [0.1, 0.15) is 18.1 Å². The standard InChI is InChI=1S/C11H13NO3/c1-2-12-4-3-7-5-8(11(14)15)6-9(7)10(12)13/h3-4,8H,2,5-6H2,1H3,(H,14,15). The van der Waals surface area contributed by atoms with Crippen LogP contribution in [0.3, 0.4) is 0 Å². The number of aryl methyl sites for hydroxylation is 1. The zero-order valence-corrected chi connectivity index (χ0v) is 8.56. The lowest BCUT2D eigenvalue weighted by Gasteiger charge is -2.03. The smallest absolute Gasteiger partial charge is 0.307 e. The Morgan fingerprint density at radius 1 is 1.60 bits per heavy atom. The van der Waals surface area contributed by atoms with Gasteiger partial charge < -0.3 is 9.67 Å². The molecule has 0 saturated carbocycles. The number of carboxylic acid groups (broad SMARTS) is 1. The Morgan fingerprint density at radius 3 is 2.93 bits per heavy atom. The summed E-state index contributed by atoms with van der Waals surface area (Å²) >= 11 is 0. The molecule has 0 saturated heterocycles. The Morgan fingerprint density at radius 2 is 2.33 bits per heavy atom. The van der Waals surface area contributed by atoms with Gasteiger partial charge in [-0.05, 0) is 31.4 Å². The summed E-state index contributed by atoms with van der Waals surface area (Å²) in [5, 5.41) is 8.89. The van der Waals surface area contributed by atoms with E-state index in [1.165, 1.54) is 0 Å². The van der Waals surface area contributed by atoms with E-state index < -0.39 is 11.9 Å². The zero-order chi connectivity index (χ0) is 11.0. The lowest BCUT2D eigenvalue weighted by Crippen LogP contribution is -2.22. The number of fused-ring (bicyclic) bond motifs is 1. The van der Waals surface area contributed by atoms with Gasteiger partial charge in [-0.2, -0.15) is 0 Å². The lowest BCUT2D eigenvalue weighted by molar-refractivity contribution is -0.141. The van der Waals surface area contributed by atoms with Gasteiger partial charge in [-0.3, -0.25) is 9.59 Å². The monoisotopic (exact) mass is 207 g/mol. The maximum absolute atomic E-state index is 11.8. The molecule has 1 unspecified atom stereocenters. The minimum atomic E-state index is -0.811. The van der Waals surface area contributed by atoms with Crippen LogP contribution in [0.4, 0.5) is 0 Å². The van der Waals surface area contributed by atoms with Gasteiger partial charge in [-0.1, -0.05) is 0 Å². The molecular weight excluding hydrogens is 194 g/mol. The van der Waals surface area contributed by atoms with Crippen molar-refractivity contribution in [3.8, 4) is 0 Å². The van der Waals surface area contributed by atoms with Crippen LogP contribution in [0.15, 0.2) is 17.1 Å². The number of carbonyl (C=O) groups is 1. The molecule has 0 aliphatic heterocycles. The summed E-state index contributed by atoms with van der Waals surface area (Å²) < 4.78 is 1.61. The molecule has 15 heavy (non-hydrogen) atoms. The topological polar surface area (TPSA) is 59.3 Å². The van der Waals surface area contributed by atoms with Crippen molar-refractivity contribution in [3.05, 3.63) is 33.7 Å². The normalized spacial score (nSPS) is 18.9. The number of hydrogen-bond acceptors (Lipinski definition) is 2. The minimum absolute atomic E-state index is 0.0289. The molecule has 4 heteroatoms. The fraction of sp³-hybridized carbons (Fsp3) is 0.455. The van der Waals surface area contributed by atoms with Crippen molar-refractivity contribution < 1.29 is 9.90 Å². The summed E-state index contributed by atoms with van der Waals surface area (Å²) in [4.78, 5) is 22.7. The fourth-order valence-electron chi connectivity index (χ4n) is 2.08. The average molecular weight is 207 g/mol. The number of rotatable bonds is 2. The summed E-state index contributed by atoms with van der Waals surface area (Å²) in [5.74, 6) is -1.23. The Hall–Kier alpha value is -1.58. The first-order chi connectivity index (χ1) is 7.13. The summed E-state index contributed by atoms with van der Waals surface area (Å²) in [6, 6.07) is 1.86. The van der Waals surface area contributed by atoms with Crippen LogP contribution in [-0.2, 0) is 24.2 Å². The summed E-state index contributed by atoms with van der Waals surface area (Å²) in [6.45, 7) is 2.53. The van der Waals surface area contributed by atoms with Crippen molar-refractivity contribution in [1.82, 2.24) is 4.57 Å². The molecule has 1 aromatic heterocycles. The van der Waals surface area contributed by atoms with E-state index in [1.807, 2.05) is 13.0 Å². The second kappa shape index (κ2) is 3.53. The lowest BCUT2D eigenvalue weighted by atomic mass is 10.1. The van der Waals surface area contributed by atoms with Crippen molar-refractivity contribution >= 4 is 5.97 Å². The van der Waals surface area contributed by atoms with Gasteiger partial charge in [0.15, 0.2) is 0 Å². The molecule has 1 atom stereocenters. The van der Waals surface area contributed by atoms with Crippen LogP contribution >= 0.6 is 0 Å². The van der Waals surface area contributed by atoms with Crippen molar-refractivity contribution in [2.45, 2.75) is 26.3 Å². The van der Waals surface area contributed by atoms with Crippen LogP contribution in [0, 0.1) is 5.92 Å². The van der Waals surface area contributed by atoms with Crippen molar-refractivity contribution in [2.75, 3.05) is 0 Å². The third kappa shape index (κ3) is 1.56. The van der Waals surface area contributed by atoms with Crippen molar-refractivity contribution in [3.63, 3.8) is 0 Å². The summed E-state index contributed by atoms with van der Waals surface area (Å²) in [6.07, 6.45) is 2.61. The molecule has 1 heterocycles. The Labute approximate surface area is 87.2 Å². The first kappa shape index (κ1) is 9.96. The zero-order valence-electron chi connectivity index (χ0n) is 8.56. The number of pyridine rings is 1. The maximum Gasteiger partial charge on any atom is 0.307 e. The maximum atomic E-state index is 11.8. The van der Waals surface area contributed by atoms with Gasteiger partial charge in [0.2, 0.25) is 0 Å². The quantitative estimate of drug-likeness (QED) is 0.775. The predicted octanol–water partition coefficient (Wildman–Crippen LogP) is 0.668. The van der Waals surface area contributed by atoms with E-state index in [2.05, 4.69) is 0 Å². The Kier molecular flexibility index (Phi) is 2.34. The van der Waals surface area contributed by atoms with Gasteiger partial charge in [-0.15, -0.1) is 0 Å². The number of aromatic nitrogens is 1. The minimum Gasteiger partial charge on any atom is -0.481 e. The average Bonchev–Trinajstić information content (AvgIpc) is 2.63. The molecule has 4 nitrogen and oxygen atoms in total. The number of hydrogen-bond donors (Lipinski definition) is 1. The first-order valence-electron chi connectivity index (χ1n) is 5.07. The van der Waals surface area contributed by atoms with E-state index in [4.69, 9.17) is 5.11 Å². The molecule has 0 aromatic carbocycles.